The molecule has 1 aliphatic heterocycles. The Morgan fingerprint density at radius 1 is 1.31 bits per heavy atom. The van der Waals surface area contributed by atoms with E-state index in [1.807, 2.05) is 18.2 Å². The van der Waals surface area contributed by atoms with Crippen LogP contribution in [0.2, 0.25) is 0 Å². The topological polar surface area (TPSA) is 21.3 Å². The van der Waals surface area contributed by atoms with E-state index >= 15 is 0 Å². The number of ether oxygens (including phenoxy) is 1. The van der Waals surface area contributed by atoms with Crippen LogP contribution in [0.15, 0.2) is 27.1 Å². The van der Waals surface area contributed by atoms with Crippen molar-refractivity contribution in [3.8, 4) is 0 Å². The summed E-state index contributed by atoms with van der Waals surface area (Å²) in [6, 6.07) is 6.07. The molecular formula is C12H15Br2NO. The fourth-order valence-electron chi connectivity index (χ4n) is 1.92. The first-order valence-electron chi connectivity index (χ1n) is 5.50. The predicted molar refractivity (Wildman–Crippen MR) is 73.9 cm³/mol. The molecule has 1 aromatic rings. The molecule has 1 aromatic carbocycles. The average Bonchev–Trinajstić information content (AvgIpc) is 2.63. The fraction of sp³-hybridized carbons (Fsp3) is 0.500. The van der Waals surface area contributed by atoms with Crippen molar-refractivity contribution in [1.82, 2.24) is 0 Å². The van der Waals surface area contributed by atoms with Gasteiger partial charge in [0.25, 0.3) is 0 Å². The van der Waals surface area contributed by atoms with Gasteiger partial charge in [-0.2, -0.15) is 0 Å². The summed E-state index contributed by atoms with van der Waals surface area (Å²) >= 11 is 7.07. The van der Waals surface area contributed by atoms with Gasteiger partial charge >= 0.3 is 0 Å². The van der Waals surface area contributed by atoms with E-state index in [4.69, 9.17) is 4.74 Å². The molecule has 2 nitrogen and oxygen atoms in total. The highest BCUT2D eigenvalue weighted by Gasteiger charge is 2.21. The van der Waals surface area contributed by atoms with Crippen LogP contribution in [0.3, 0.4) is 0 Å². The van der Waals surface area contributed by atoms with Crippen molar-refractivity contribution in [2.24, 2.45) is 0 Å². The molecule has 1 saturated heterocycles. The lowest BCUT2D eigenvalue weighted by Gasteiger charge is -2.15. The van der Waals surface area contributed by atoms with Gasteiger partial charge in [-0.3, -0.25) is 0 Å². The lowest BCUT2D eigenvalue weighted by Crippen LogP contribution is -2.20. The maximum absolute atomic E-state index is 5.77. The second-order valence-corrected chi connectivity index (χ2v) is 5.83. The lowest BCUT2D eigenvalue weighted by molar-refractivity contribution is 0.0637. The maximum atomic E-state index is 5.77. The molecule has 4 heteroatoms. The van der Waals surface area contributed by atoms with Crippen molar-refractivity contribution in [2.75, 3.05) is 11.9 Å². The minimum Gasteiger partial charge on any atom is -0.381 e. The van der Waals surface area contributed by atoms with Crippen LogP contribution >= 0.6 is 31.9 Å². The van der Waals surface area contributed by atoms with Crippen molar-refractivity contribution in [2.45, 2.75) is 32.0 Å². The number of hydrogen-bond donors (Lipinski definition) is 1. The van der Waals surface area contributed by atoms with Crippen molar-refractivity contribution in [3.63, 3.8) is 0 Å². The number of hydrogen-bond acceptors (Lipinski definition) is 2. The summed E-state index contributed by atoms with van der Waals surface area (Å²) in [5.74, 6) is 0. The molecule has 0 aromatic heterocycles. The minimum absolute atomic E-state index is 0.342. The van der Waals surface area contributed by atoms with Crippen LogP contribution in [0.1, 0.15) is 19.8 Å². The van der Waals surface area contributed by atoms with Gasteiger partial charge in [0.15, 0.2) is 0 Å². The number of para-hydroxylation sites is 1. The summed E-state index contributed by atoms with van der Waals surface area (Å²) in [7, 11) is 0. The molecule has 2 atom stereocenters. The zero-order valence-electron chi connectivity index (χ0n) is 9.17. The smallest absolute Gasteiger partial charge is 0.0751 e. The third-order valence-electron chi connectivity index (χ3n) is 2.79. The molecule has 0 radical (unpaired) electrons. The zero-order chi connectivity index (χ0) is 11.5. The quantitative estimate of drug-likeness (QED) is 0.884. The third-order valence-corrected chi connectivity index (χ3v) is 4.11. The average molecular weight is 349 g/mol. The van der Waals surface area contributed by atoms with Gasteiger partial charge in [-0.25, -0.2) is 0 Å². The molecule has 0 aliphatic carbocycles. The Hall–Kier alpha value is -0.0600. The van der Waals surface area contributed by atoms with Gasteiger partial charge in [0.2, 0.25) is 0 Å². The predicted octanol–water partition coefficient (Wildman–Crippen LogP) is 4.19. The van der Waals surface area contributed by atoms with Crippen LogP contribution in [-0.4, -0.2) is 18.8 Å². The summed E-state index contributed by atoms with van der Waals surface area (Å²) < 4.78 is 7.92. The molecule has 2 unspecified atom stereocenters. The van der Waals surface area contributed by atoms with Crippen LogP contribution < -0.4 is 5.32 Å². The molecule has 0 amide bonds. The number of rotatable bonds is 3. The normalized spacial score (nSPS) is 24.7. The number of halogens is 2. The number of anilines is 1. The Morgan fingerprint density at radius 2 is 2.00 bits per heavy atom. The van der Waals surface area contributed by atoms with Crippen molar-refractivity contribution >= 4 is 37.5 Å². The highest BCUT2D eigenvalue weighted by molar-refractivity contribution is 9.11. The van der Waals surface area contributed by atoms with Crippen LogP contribution in [0.25, 0.3) is 0 Å². The Morgan fingerprint density at radius 3 is 2.56 bits per heavy atom. The van der Waals surface area contributed by atoms with E-state index in [-0.39, 0.29) is 0 Å². The summed E-state index contributed by atoms with van der Waals surface area (Å²) in [4.78, 5) is 0. The van der Waals surface area contributed by atoms with E-state index in [0.717, 1.165) is 27.6 Å². The second kappa shape index (κ2) is 5.52. The Balaban J connectivity index is 1.94. The SMILES string of the molecule is CC1CCC(CNc2c(Br)cccc2Br)O1. The molecule has 0 saturated carbocycles. The van der Waals surface area contributed by atoms with Crippen molar-refractivity contribution in [1.29, 1.82) is 0 Å². The largest absolute Gasteiger partial charge is 0.381 e. The first kappa shape index (κ1) is 12.4. The molecule has 0 bridgehead atoms. The second-order valence-electron chi connectivity index (χ2n) is 4.12. The van der Waals surface area contributed by atoms with Gasteiger partial charge < -0.3 is 10.1 Å². The Labute approximate surface area is 113 Å². The van der Waals surface area contributed by atoms with Gasteiger partial charge in [-0.05, 0) is 63.8 Å². The molecular weight excluding hydrogens is 334 g/mol. The van der Waals surface area contributed by atoms with E-state index in [1.165, 1.54) is 6.42 Å². The minimum atomic E-state index is 0.342. The van der Waals surface area contributed by atoms with E-state index < -0.39 is 0 Å². The first-order chi connectivity index (χ1) is 7.66. The summed E-state index contributed by atoms with van der Waals surface area (Å²) in [5, 5.41) is 3.42. The van der Waals surface area contributed by atoms with E-state index in [0.29, 0.717) is 12.2 Å². The molecule has 1 N–H and O–H groups in total. The van der Waals surface area contributed by atoms with Crippen LogP contribution in [0.4, 0.5) is 5.69 Å². The third kappa shape index (κ3) is 2.99. The lowest BCUT2D eigenvalue weighted by atomic mass is 10.2. The standard InChI is InChI=1S/C12H15Br2NO/c1-8-5-6-9(16-8)7-15-12-10(13)3-2-4-11(12)14/h2-4,8-9,15H,5-7H2,1H3. The molecule has 88 valence electrons. The van der Waals surface area contributed by atoms with Gasteiger partial charge in [0, 0.05) is 15.5 Å². The van der Waals surface area contributed by atoms with Gasteiger partial charge in [-0.15, -0.1) is 0 Å². The summed E-state index contributed by atoms with van der Waals surface area (Å²) in [6.07, 6.45) is 3.07. The fourth-order valence-corrected chi connectivity index (χ4v) is 3.20. The van der Waals surface area contributed by atoms with Crippen LogP contribution in [0.5, 0.6) is 0 Å². The van der Waals surface area contributed by atoms with Crippen molar-refractivity contribution in [3.05, 3.63) is 27.1 Å². The van der Waals surface area contributed by atoms with Crippen molar-refractivity contribution < 1.29 is 4.74 Å². The molecule has 1 heterocycles. The Kier molecular flexibility index (Phi) is 4.27. The molecule has 16 heavy (non-hydrogen) atoms. The first-order valence-corrected chi connectivity index (χ1v) is 7.09. The molecule has 0 spiro atoms. The van der Waals surface area contributed by atoms with Crippen LogP contribution in [-0.2, 0) is 4.74 Å². The highest BCUT2D eigenvalue weighted by Crippen LogP contribution is 2.31. The summed E-state index contributed by atoms with van der Waals surface area (Å²) in [5.41, 5.74) is 1.10. The van der Waals surface area contributed by atoms with Gasteiger partial charge in [-0.1, -0.05) is 6.07 Å². The van der Waals surface area contributed by atoms with E-state index in [1.54, 1.807) is 0 Å². The maximum Gasteiger partial charge on any atom is 0.0751 e. The zero-order valence-corrected chi connectivity index (χ0v) is 12.3. The molecule has 1 fully saturated rings. The van der Waals surface area contributed by atoms with Crippen LogP contribution in [0, 0.1) is 0 Å². The Bertz CT molecular complexity index is 350. The number of nitrogens with one attached hydrogen (secondary N) is 1. The van der Waals surface area contributed by atoms with E-state index in [2.05, 4.69) is 44.1 Å². The van der Waals surface area contributed by atoms with Gasteiger partial charge in [0.1, 0.15) is 0 Å². The monoisotopic (exact) mass is 347 g/mol. The summed E-state index contributed by atoms with van der Waals surface area (Å²) in [6.45, 7) is 3.00. The molecule has 2 rings (SSSR count). The number of benzene rings is 1. The van der Waals surface area contributed by atoms with Gasteiger partial charge in [0.05, 0.1) is 17.9 Å². The van der Waals surface area contributed by atoms with E-state index in [9.17, 15) is 0 Å². The highest BCUT2D eigenvalue weighted by atomic mass is 79.9. The molecule has 1 aliphatic rings.